The number of nitrogen functional groups attached to an aromatic ring is 4. The first-order chi connectivity index (χ1) is 10.3. The van der Waals surface area contributed by atoms with Crippen LogP contribution < -0.4 is 27.7 Å². The number of hydrogen-bond acceptors (Lipinski definition) is 7. The van der Waals surface area contributed by atoms with Crippen molar-refractivity contribution in [3.8, 4) is 5.75 Å². The summed E-state index contributed by atoms with van der Waals surface area (Å²) in [5.74, 6) is -1.84. The van der Waals surface area contributed by atoms with Crippen LogP contribution in [0.15, 0.2) is 30.3 Å². The summed E-state index contributed by atoms with van der Waals surface area (Å²) in [5.41, 5.74) is 23.1. The van der Waals surface area contributed by atoms with Gasteiger partial charge in [0.2, 0.25) is 0 Å². The number of ether oxygens (including phenoxy) is 1. The third kappa shape index (κ3) is 2.70. The van der Waals surface area contributed by atoms with Crippen molar-refractivity contribution >= 4 is 34.7 Å². The number of benzene rings is 2. The number of rotatable bonds is 3. The Morgan fingerprint density at radius 2 is 1.41 bits per heavy atom. The molecule has 2 aromatic rings. The summed E-state index contributed by atoms with van der Waals surface area (Å²) in [5, 5.41) is 8.80. The van der Waals surface area contributed by atoms with E-state index in [1.54, 1.807) is 0 Å². The largest absolute Gasteiger partial charge is 0.478 e. The van der Waals surface area contributed by atoms with Crippen molar-refractivity contribution in [2.75, 3.05) is 22.9 Å². The fraction of sp³-hybridized carbons (Fsp3) is 0. The minimum absolute atomic E-state index is 0.00204. The number of carboxylic acids is 1. The molecule has 0 heterocycles. The fourth-order valence-corrected chi connectivity index (χ4v) is 1.72. The number of aromatic carboxylic acids is 1. The molecule has 0 saturated heterocycles. The van der Waals surface area contributed by atoms with Crippen molar-refractivity contribution in [2.45, 2.75) is 0 Å². The normalized spacial score (nSPS) is 10.2. The molecular weight excluding hydrogens is 288 g/mol. The highest BCUT2D eigenvalue weighted by Crippen LogP contribution is 2.37. The number of carboxylic acid groups (broad SMARTS) is 1. The van der Waals surface area contributed by atoms with Gasteiger partial charge in [-0.15, -0.1) is 0 Å². The number of hydrogen-bond donors (Lipinski definition) is 5. The second-order valence-corrected chi connectivity index (χ2v) is 4.48. The molecule has 0 amide bonds. The molecule has 0 fully saturated rings. The molecule has 0 spiro atoms. The third-order valence-corrected chi connectivity index (χ3v) is 3.01. The molecule has 0 aliphatic rings. The minimum Gasteiger partial charge on any atom is -0.478 e. The van der Waals surface area contributed by atoms with Crippen molar-refractivity contribution < 1.29 is 19.4 Å². The van der Waals surface area contributed by atoms with E-state index in [9.17, 15) is 9.59 Å². The SMILES string of the molecule is Nc1cc(OC(=O)c2ccc(C(=O)O)cc2)c(N)c(N)c1N. The summed E-state index contributed by atoms with van der Waals surface area (Å²) in [6.07, 6.45) is 0. The van der Waals surface area contributed by atoms with Gasteiger partial charge in [0.25, 0.3) is 0 Å². The van der Waals surface area contributed by atoms with Gasteiger partial charge in [-0.3, -0.25) is 0 Å². The highest BCUT2D eigenvalue weighted by molar-refractivity contribution is 5.96. The first-order valence-corrected chi connectivity index (χ1v) is 6.09. The van der Waals surface area contributed by atoms with E-state index < -0.39 is 11.9 Å². The Bertz CT molecular complexity index is 756. The lowest BCUT2D eigenvalue weighted by atomic mass is 10.1. The molecule has 0 aromatic heterocycles. The molecule has 0 unspecified atom stereocenters. The van der Waals surface area contributed by atoms with E-state index in [1.807, 2.05) is 0 Å². The van der Waals surface area contributed by atoms with Crippen LogP contribution >= 0.6 is 0 Å². The summed E-state index contributed by atoms with van der Waals surface area (Å²) >= 11 is 0. The summed E-state index contributed by atoms with van der Waals surface area (Å²) in [6, 6.07) is 6.52. The Kier molecular flexibility index (Phi) is 3.76. The predicted octanol–water partition coefficient (Wildman–Crippen LogP) is 0.933. The highest BCUT2D eigenvalue weighted by Gasteiger charge is 2.16. The molecule has 0 atom stereocenters. The van der Waals surface area contributed by atoms with Gasteiger partial charge in [-0.2, -0.15) is 0 Å². The van der Waals surface area contributed by atoms with Crippen LogP contribution in [-0.4, -0.2) is 17.0 Å². The molecule has 8 nitrogen and oxygen atoms in total. The van der Waals surface area contributed by atoms with Crippen molar-refractivity contribution in [1.29, 1.82) is 0 Å². The van der Waals surface area contributed by atoms with Crippen LogP contribution in [0.5, 0.6) is 5.75 Å². The topological polar surface area (TPSA) is 168 Å². The molecule has 114 valence electrons. The molecule has 2 aromatic carbocycles. The van der Waals surface area contributed by atoms with Gasteiger partial charge in [0.1, 0.15) is 5.69 Å². The Balaban J connectivity index is 2.27. The molecule has 0 aliphatic carbocycles. The fourth-order valence-electron chi connectivity index (χ4n) is 1.72. The molecule has 0 saturated carbocycles. The Morgan fingerprint density at radius 3 is 1.95 bits per heavy atom. The van der Waals surface area contributed by atoms with Gasteiger partial charge in [-0.1, -0.05) is 0 Å². The van der Waals surface area contributed by atoms with E-state index in [2.05, 4.69) is 0 Å². The Morgan fingerprint density at radius 1 is 0.864 bits per heavy atom. The second kappa shape index (κ2) is 5.52. The molecule has 0 bridgehead atoms. The van der Waals surface area contributed by atoms with Gasteiger partial charge in [0.05, 0.1) is 28.2 Å². The van der Waals surface area contributed by atoms with Gasteiger partial charge in [0.15, 0.2) is 5.75 Å². The molecule has 0 radical (unpaired) electrons. The molecule has 22 heavy (non-hydrogen) atoms. The van der Waals surface area contributed by atoms with Gasteiger partial charge in [-0.05, 0) is 24.3 Å². The van der Waals surface area contributed by atoms with Gasteiger partial charge in [-0.25, -0.2) is 9.59 Å². The Labute approximate surface area is 125 Å². The average Bonchev–Trinajstić information content (AvgIpc) is 2.50. The highest BCUT2D eigenvalue weighted by atomic mass is 16.5. The lowest BCUT2D eigenvalue weighted by Gasteiger charge is -2.13. The second-order valence-electron chi connectivity index (χ2n) is 4.48. The van der Waals surface area contributed by atoms with Crippen molar-refractivity contribution in [2.24, 2.45) is 0 Å². The minimum atomic E-state index is -1.09. The molecule has 9 N–H and O–H groups in total. The van der Waals surface area contributed by atoms with Crippen LogP contribution in [-0.2, 0) is 0 Å². The number of nitrogens with two attached hydrogens (primary N) is 4. The number of carbonyl (C=O) groups is 2. The van der Waals surface area contributed by atoms with Crippen molar-refractivity contribution in [3.05, 3.63) is 41.5 Å². The lowest BCUT2D eigenvalue weighted by Crippen LogP contribution is -2.12. The third-order valence-electron chi connectivity index (χ3n) is 3.01. The zero-order valence-electron chi connectivity index (χ0n) is 11.4. The Hall–Kier alpha value is -3.42. The van der Waals surface area contributed by atoms with Gasteiger partial charge < -0.3 is 32.8 Å². The average molecular weight is 302 g/mol. The van der Waals surface area contributed by atoms with E-state index in [0.717, 1.165) is 0 Å². The monoisotopic (exact) mass is 302 g/mol. The van der Waals surface area contributed by atoms with E-state index in [1.165, 1.54) is 30.3 Å². The lowest BCUT2D eigenvalue weighted by molar-refractivity contribution is 0.0692. The maximum atomic E-state index is 12.0. The number of carbonyl (C=O) groups excluding carboxylic acids is 1. The van der Waals surface area contributed by atoms with E-state index >= 15 is 0 Å². The molecule has 0 aliphatic heterocycles. The van der Waals surface area contributed by atoms with Crippen LogP contribution in [0, 0.1) is 0 Å². The van der Waals surface area contributed by atoms with Crippen LogP contribution in [0.1, 0.15) is 20.7 Å². The summed E-state index contributed by atoms with van der Waals surface area (Å²) in [4.78, 5) is 22.8. The first-order valence-electron chi connectivity index (χ1n) is 6.09. The standard InChI is InChI=1S/C14H14N4O4/c15-8-5-9(11(17)12(18)10(8)16)22-14(21)7-3-1-6(2-4-7)13(19)20/h1-5H,15-18H2,(H,19,20). The summed E-state index contributed by atoms with van der Waals surface area (Å²) in [7, 11) is 0. The number of anilines is 4. The van der Waals surface area contributed by atoms with Crippen molar-refractivity contribution in [3.63, 3.8) is 0 Å². The molecule has 8 heteroatoms. The smallest absolute Gasteiger partial charge is 0.343 e. The maximum Gasteiger partial charge on any atom is 0.343 e. The van der Waals surface area contributed by atoms with Crippen molar-refractivity contribution in [1.82, 2.24) is 0 Å². The maximum absolute atomic E-state index is 12.0. The summed E-state index contributed by atoms with van der Waals surface area (Å²) < 4.78 is 5.12. The number of esters is 1. The predicted molar refractivity (Wildman–Crippen MR) is 82.5 cm³/mol. The van der Waals surface area contributed by atoms with Crippen LogP contribution in [0.3, 0.4) is 0 Å². The van der Waals surface area contributed by atoms with Crippen LogP contribution in [0.25, 0.3) is 0 Å². The van der Waals surface area contributed by atoms with E-state index in [-0.39, 0.29) is 39.6 Å². The van der Waals surface area contributed by atoms with Gasteiger partial charge >= 0.3 is 11.9 Å². The quantitative estimate of drug-likeness (QED) is 0.317. The zero-order chi connectivity index (χ0) is 16.4. The molecule has 2 rings (SSSR count). The van der Waals surface area contributed by atoms with Gasteiger partial charge in [0, 0.05) is 6.07 Å². The van der Waals surface area contributed by atoms with E-state index in [0.29, 0.717) is 0 Å². The summed E-state index contributed by atoms with van der Waals surface area (Å²) in [6.45, 7) is 0. The van der Waals surface area contributed by atoms with Crippen LogP contribution in [0.2, 0.25) is 0 Å². The van der Waals surface area contributed by atoms with E-state index in [4.69, 9.17) is 32.8 Å². The first kappa shape index (κ1) is 15.0. The molecular formula is C14H14N4O4. The zero-order valence-corrected chi connectivity index (χ0v) is 11.4. The van der Waals surface area contributed by atoms with Crippen LogP contribution in [0.4, 0.5) is 22.7 Å².